The molecule has 0 radical (unpaired) electrons. The second-order valence-corrected chi connectivity index (χ2v) is 3.28. The molecule has 0 saturated heterocycles. The van der Waals surface area contributed by atoms with E-state index in [0.29, 0.717) is 11.4 Å². The minimum absolute atomic E-state index is 0.00574. The van der Waals surface area contributed by atoms with E-state index in [4.69, 9.17) is 9.84 Å². The number of likely N-dealkylation sites (N-methyl/N-ethyl adjacent to an activating group) is 1. The Morgan fingerprint density at radius 3 is 2.81 bits per heavy atom. The Kier molecular flexibility index (Phi) is 2.36. The molecule has 5 heteroatoms. The quantitative estimate of drug-likeness (QED) is 0.433. The number of benzene rings is 1. The molecule has 0 atom stereocenters. The molecule has 0 unspecified atom stereocenters. The van der Waals surface area contributed by atoms with Crippen LogP contribution in [0, 0.1) is 0 Å². The number of ether oxygens (including phenoxy) is 1. The molecule has 0 aliphatic carbocycles. The highest BCUT2D eigenvalue weighted by atomic mass is 16.5. The monoisotopic (exact) mass is 219 g/mol. The van der Waals surface area contributed by atoms with Crippen LogP contribution in [0.3, 0.4) is 0 Å². The lowest BCUT2D eigenvalue weighted by Crippen LogP contribution is -2.32. The van der Waals surface area contributed by atoms with E-state index in [1.165, 1.54) is 4.90 Å². The van der Waals surface area contributed by atoms with Gasteiger partial charge in [-0.2, -0.15) is 0 Å². The average molecular weight is 219 g/mol. The number of aliphatic carboxylic acids is 1. The van der Waals surface area contributed by atoms with Gasteiger partial charge in [-0.1, -0.05) is 12.1 Å². The summed E-state index contributed by atoms with van der Waals surface area (Å²) in [5, 5.41) is 8.64. The van der Waals surface area contributed by atoms with E-state index in [1.54, 1.807) is 31.3 Å². The number of anilines is 1. The molecule has 0 aromatic heterocycles. The van der Waals surface area contributed by atoms with Crippen LogP contribution in [0.1, 0.15) is 0 Å². The maximum absolute atomic E-state index is 11.5. The van der Waals surface area contributed by atoms with Crippen molar-refractivity contribution in [3.8, 4) is 5.75 Å². The topological polar surface area (TPSA) is 66.8 Å². The Morgan fingerprint density at radius 2 is 2.12 bits per heavy atom. The standard InChI is InChI=1S/C11H9NO4/c1-12-7-4-2-3-5-9(7)16-11(15)8(12)6-10(13)14/h2-6H,1H3,(H,13,14)/b8-6-. The number of para-hydroxylation sites is 2. The summed E-state index contributed by atoms with van der Waals surface area (Å²) in [6.07, 6.45) is 0.832. The fraction of sp³-hybridized carbons (Fsp3) is 0.0909. The van der Waals surface area contributed by atoms with E-state index < -0.39 is 11.9 Å². The number of nitrogens with zero attached hydrogens (tertiary/aromatic N) is 1. The zero-order chi connectivity index (χ0) is 11.7. The van der Waals surface area contributed by atoms with Gasteiger partial charge in [0.1, 0.15) is 5.70 Å². The van der Waals surface area contributed by atoms with Crippen molar-refractivity contribution >= 4 is 17.6 Å². The first kappa shape index (κ1) is 10.2. The van der Waals surface area contributed by atoms with Crippen molar-refractivity contribution in [1.29, 1.82) is 0 Å². The van der Waals surface area contributed by atoms with Crippen LogP contribution < -0.4 is 9.64 Å². The number of rotatable bonds is 1. The maximum atomic E-state index is 11.5. The molecule has 0 bridgehead atoms. The molecule has 0 amide bonds. The predicted molar refractivity (Wildman–Crippen MR) is 56.2 cm³/mol. The molecule has 0 spiro atoms. The minimum atomic E-state index is -1.18. The number of carboxylic acid groups (broad SMARTS) is 1. The fourth-order valence-electron chi connectivity index (χ4n) is 1.51. The van der Waals surface area contributed by atoms with Gasteiger partial charge in [-0.05, 0) is 12.1 Å². The minimum Gasteiger partial charge on any atom is -0.478 e. The molecular formula is C11H9NO4. The van der Waals surface area contributed by atoms with E-state index in [1.807, 2.05) is 0 Å². The fourth-order valence-corrected chi connectivity index (χ4v) is 1.51. The molecule has 2 rings (SSSR count). The molecule has 5 nitrogen and oxygen atoms in total. The van der Waals surface area contributed by atoms with Gasteiger partial charge in [0.15, 0.2) is 5.75 Å². The van der Waals surface area contributed by atoms with Gasteiger partial charge in [0.2, 0.25) is 0 Å². The summed E-state index contributed by atoms with van der Waals surface area (Å²) in [4.78, 5) is 23.6. The number of hydrogen-bond donors (Lipinski definition) is 1. The molecule has 1 aliphatic rings. The van der Waals surface area contributed by atoms with Crippen molar-refractivity contribution < 1.29 is 19.4 Å². The Hall–Kier alpha value is -2.30. The van der Waals surface area contributed by atoms with Gasteiger partial charge < -0.3 is 14.7 Å². The van der Waals surface area contributed by atoms with Crippen LogP contribution >= 0.6 is 0 Å². The van der Waals surface area contributed by atoms with Gasteiger partial charge in [0, 0.05) is 7.05 Å². The predicted octanol–water partition coefficient (Wildman–Crippen LogP) is 1.01. The lowest BCUT2D eigenvalue weighted by Gasteiger charge is -2.27. The lowest BCUT2D eigenvalue weighted by molar-refractivity contribution is -0.134. The molecule has 1 aromatic rings. The Bertz CT molecular complexity index is 493. The zero-order valence-electron chi connectivity index (χ0n) is 8.51. The van der Waals surface area contributed by atoms with Crippen molar-refractivity contribution in [2.24, 2.45) is 0 Å². The van der Waals surface area contributed by atoms with E-state index in [0.717, 1.165) is 6.08 Å². The number of carbonyl (C=O) groups is 2. The molecule has 1 N–H and O–H groups in total. The summed E-state index contributed by atoms with van der Waals surface area (Å²) in [5.74, 6) is -1.42. The van der Waals surface area contributed by atoms with E-state index >= 15 is 0 Å². The zero-order valence-corrected chi connectivity index (χ0v) is 8.51. The Balaban J connectivity index is 2.50. The highest BCUT2D eigenvalue weighted by molar-refractivity contribution is 6.02. The summed E-state index contributed by atoms with van der Waals surface area (Å²) >= 11 is 0. The third kappa shape index (κ3) is 1.63. The number of carbonyl (C=O) groups excluding carboxylic acids is 1. The molecule has 1 heterocycles. The first-order valence-electron chi connectivity index (χ1n) is 4.59. The number of hydrogen-bond acceptors (Lipinski definition) is 4. The molecule has 0 fully saturated rings. The van der Waals surface area contributed by atoms with Gasteiger partial charge in [0.05, 0.1) is 11.8 Å². The van der Waals surface area contributed by atoms with Crippen LogP contribution in [-0.4, -0.2) is 24.1 Å². The molecular weight excluding hydrogens is 210 g/mol. The number of fused-ring (bicyclic) bond motifs is 1. The van der Waals surface area contributed by atoms with Gasteiger partial charge in [-0.25, -0.2) is 9.59 Å². The van der Waals surface area contributed by atoms with E-state index in [2.05, 4.69) is 0 Å². The van der Waals surface area contributed by atoms with E-state index in [-0.39, 0.29) is 5.70 Å². The van der Waals surface area contributed by atoms with Crippen LogP contribution in [0.15, 0.2) is 36.0 Å². The van der Waals surface area contributed by atoms with Crippen molar-refractivity contribution in [2.75, 3.05) is 11.9 Å². The highest BCUT2D eigenvalue weighted by Gasteiger charge is 2.27. The van der Waals surface area contributed by atoms with Gasteiger partial charge >= 0.3 is 11.9 Å². The van der Waals surface area contributed by atoms with Crippen LogP contribution in [0.5, 0.6) is 5.75 Å². The van der Waals surface area contributed by atoms with Gasteiger partial charge in [-0.15, -0.1) is 0 Å². The van der Waals surface area contributed by atoms with Crippen LogP contribution in [-0.2, 0) is 9.59 Å². The second kappa shape index (κ2) is 3.69. The largest absolute Gasteiger partial charge is 0.478 e. The van der Waals surface area contributed by atoms with E-state index in [9.17, 15) is 9.59 Å². The molecule has 16 heavy (non-hydrogen) atoms. The second-order valence-electron chi connectivity index (χ2n) is 3.28. The summed E-state index contributed by atoms with van der Waals surface area (Å²) in [6.45, 7) is 0. The maximum Gasteiger partial charge on any atom is 0.360 e. The first-order valence-corrected chi connectivity index (χ1v) is 4.59. The highest BCUT2D eigenvalue weighted by Crippen LogP contribution is 2.34. The van der Waals surface area contributed by atoms with Gasteiger partial charge in [-0.3, -0.25) is 0 Å². The summed E-state index contributed by atoms with van der Waals surface area (Å²) in [5.41, 5.74) is 0.667. The Morgan fingerprint density at radius 1 is 1.44 bits per heavy atom. The number of carboxylic acids is 1. The van der Waals surface area contributed by atoms with Crippen LogP contribution in [0.25, 0.3) is 0 Å². The van der Waals surface area contributed by atoms with Gasteiger partial charge in [0.25, 0.3) is 0 Å². The number of esters is 1. The van der Waals surface area contributed by atoms with Crippen LogP contribution in [0.2, 0.25) is 0 Å². The van der Waals surface area contributed by atoms with Crippen molar-refractivity contribution in [3.63, 3.8) is 0 Å². The lowest BCUT2D eigenvalue weighted by atomic mass is 10.2. The smallest absolute Gasteiger partial charge is 0.360 e. The third-order valence-corrected chi connectivity index (χ3v) is 2.26. The SMILES string of the molecule is CN1/C(=C\C(=O)O)C(=O)Oc2ccccc21. The van der Waals surface area contributed by atoms with Crippen molar-refractivity contribution in [3.05, 3.63) is 36.0 Å². The molecule has 1 aliphatic heterocycles. The molecule has 0 saturated carbocycles. The molecule has 82 valence electrons. The summed E-state index contributed by atoms with van der Waals surface area (Å²) in [7, 11) is 1.62. The van der Waals surface area contributed by atoms with Crippen LogP contribution in [0.4, 0.5) is 5.69 Å². The average Bonchev–Trinajstić information content (AvgIpc) is 2.24. The van der Waals surface area contributed by atoms with Crippen molar-refractivity contribution in [1.82, 2.24) is 0 Å². The molecule has 1 aromatic carbocycles. The first-order chi connectivity index (χ1) is 7.59. The summed E-state index contributed by atoms with van der Waals surface area (Å²) in [6, 6.07) is 6.93. The third-order valence-electron chi connectivity index (χ3n) is 2.26. The Labute approximate surface area is 91.6 Å². The summed E-state index contributed by atoms with van der Waals surface area (Å²) < 4.78 is 5.00. The van der Waals surface area contributed by atoms with Crippen molar-refractivity contribution in [2.45, 2.75) is 0 Å². The normalized spacial score (nSPS) is 16.9.